The van der Waals surface area contributed by atoms with Crippen molar-refractivity contribution in [2.24, 2.45) is 5.73 Å². The van der Waals surface area contributed by atoms with Crippen molar-refractivity contribution in [3.05, 3.63) is 71.2 Å². The highest BCUT2D eigenvalue weighted by Gasteiger charge is 2.16. The molecule has 6 nitrogen and oxygen atoms in total. The third-order valence-electron chi connectivity index (χ3n) is 3.72. The molecule has 0 aliphatic carbocycles. The van der Waals surface area contributed by atoms with Crippen LogP contribution in [0.25, 0.3) is 22.3 Å². The van der Waals surface area contributed by atoms with Gasteiger partial charge in [-0.15, -0.1) is 0 Å². The maximum absolute atomic E-state index is 12.9. The van der Waals surface area contributed by atoms with E-state index in [1.807, 2.05) is 0 Å². The molecular formula is C18H15N3O3. The minimum atomic E-state index is -0.739. The quantitative estimate of drug-likeness (QED) is 0.743. The number of hydrogen-bond acceptors (Lipinski definition) is 4. The SMILES string of the molecule is C=C(C(N)=O)c1cc2cccnc2n(-c2ccc(OC)cc2)c1=O. The summed E-state index contributed by atoms with van der Waals surface area (Å²) in [5, 5.41) is 0.699. The van der Waals surface area contributed by atoms with Gasteiger partial charge in [0.15, 0.2) is 0 Å². The Morgan fingerprint density at radius 3 is 2.58 bits per heavy atom. The van der Waals surface area contributed by atoms with E-state index in [0.29, 0.717) is 22.5 Å². The maximum Gasteiger partial charge on any atom is 0.264 e. The number of pyridine rings is 2. The molecule has 2 heterocycles. The zero-order valence-electron chi connectivity index (χ0n) is 13.0. The number of aromatic nitrogens is 2. The number of methoxy groups -OCH3 is 1. The third-order valence-corrected chi connectivity index (χ3v) is 3.72. The van der Waals surface area contributed by atoms with Gasteiger partial charge in [-0.25, -0.2) is 4.98 Å². The van der Waals surface area contributed by atoms with Crippen LogP contribution in [0.15, 0.2) is 60.0 Å². The van der Waals surface area contributed by atoms with Gasteiger partial charge in [-0.3, -0.25) is 14.2 Å². The molecule has 0 saturated heterocycles. The Morgan fingerprint density at radius 1 is 1.25 bits per heavy atom. The van der Waals surface area contributed by atoms with Crippen molar-refractivity contribution in [1.82, 2.24) is 9.55 Å². The van der Waals surface area contributed by atoms with E-state index in [9.17, 15) is 9.59 Å². The largest absolute Gasteiger partial charge is 0.497 e. The van der Waals surface area contributed by atoms with Crippen molar-refractivity contribution < 1.29 is 9.53 Å². The van der Waals surface area contributed by atoms with E-state index >= 15 is 0 Å². The molecule has 6 heteroatoms. The van der Waals surface area contributed by atoms with Crippen LogP contribution in [0, 0.1) is 0 Å². The van der Waals surface area contributed by atoms with Crippen molar-refractivity contribution in [2.45, 2.75) is 0 Å². The highest BCUT2D eigenvalue weighted by molar-refractivity contribution is 6.18. The minimum absolute atomic E-state index is 0.0342. The number of rotatable bonds is 4. The standard InChI is InChI=1S/C18H15N3O3/c1-11(16(19)22)15-10-12-4-3-9-20-17(12)21(18(15)23)13-5-7-14(24-2)8-6-13/h3-10H,1H2,2H3,(H2,19,22). The smallest absolute Gasteiger partial charge is 0.264 e. The van der Waals surface area contributed by atoms with Gasteiger partial charge in [0.25, 0.3) is 5.56 Å². The number of nitrogens with zero attached hydrogens (tertiary/aromatic N) is 2. The summed E-state index contributed by atoms with van der Waals surface area (Å²) in [6.45, 7) is 3.63. The molecule has 0 unspecified atom stereocenters. The number of hydrogen-bond donors (Lipinski definition) is 1. The Labute approximate surface area is 137 Å². The van der Waals surface area contributed by atoms with E-state index in [0.717, 1.165) is 0 Å². The Hall–Kier alpha value is -3.41. The minimum Gasteiger partial charge on any atom is -0.497 e. The van der Waals surface area contributed by atoms with Crippen molar-refractivity contribution in [1.29, 1.82) is 0 Å². The van der Waals surface area contributed by atoms with Crippen LogP contribution >= 0.6 is 0 Å². The molecule has 0 aliphatic heterocycles. The first kappa shape index (κ1) is 15.5. The van der Waals surface area contributed by atoms with E-state index in [2.05, 4.69) is 11.6 Å². The number of amides is 1. The highest BCUT2D eigenvalue weighted by Crippen LogP contribution is 2.20. The van der Waals surface area contributed by atoms with Crippen LogP contribution in [0.3, 0.4) is 0 Å². The van der Waals surface area contributed by atoms with E-state index in [1.54, 1.807) is 55.8 Å². The molecule has 0 aliphatic rings. The molecule has 0 fully saturated rings. The van der Waals surface area contributed by atoms with Crippen molar-refractivity contribution in [3.8, 4) is 11.4 Å². The van der Waals surface area contributed by atoms with Gasteiger partial charge < -0.3 is 10.5 Å². The molecule has 1 aromatic carbocycles. The van der Waals surface area contributed by atoms with Gasteiger partial charge in [-0.05, 0) is 42.5 Å². The zero-order chi connectivity index (χ0) is 17.3. The van der Waals surface area contributed by atoms with Gasteiger partial charge in [0.1, 0.15) is 11.4 Å². The summed E-state index contributed by atoms with van der Waals surface area (Å²) in [5.41, 5.74) is 6.08. The molecule has 0 radical (unpaired) electrons. The first-order valence-electron chi connectivity index (χ1n) is 7.17. The second-order valence-corrected chi connectivity index (χ2v) is 5.16. The van der Waals surface area contributed by atoms with Crippen LogP contribution in [0.1, 0.15) is 5.56 Å². The average Bonchev–Trinajstić information content (AvgIpc) is 2.60. The van der Waals surface area contributed by atoms with Gasteiger partial charge in [-0.2, -0.15) is 0 Å². The fourth-order valence-corrected chi connectivity index (χ4v) is 2.46. The number of benzene rings is 1. The van der Waals surface area contributed by atoms with Crippen molar-refractivity contribution in [2.75, 3.05) is 7.11 Å². The number of primary amides is 1. The number of nitrogens with two attached hydrogens (primary N) is 1. The van der Waals surface area contributed by atoms with E-state index in [1.165, 1.54) is 4.57 Å². The zero-order valence-corrected chi connectivity index (χ0v) is 13.0. The van der Waals surface area contributed by atoms with E-state index in [-0.39, 0.29) is 11.1 Å². The van der Waals surface area contributed by atoms with Crippen molar-refractivity contribution >= 4 is 22.5 Å². The third kappa shape index (κ3) is 2.54. The molecule has 3 aromatic rings. The maximum atomic E-state index is 12.9. The first-order chi connectivity index (χ1) is 11.5. The molecule has 2 aromatic heterocycles. The lowest BCUT2D eigenvalue weighted by Crippen LogP contribution is -2.26. The van der Waals surface area contributed by atoms with Gasteiger partial charge in [-0.1, -0.05) is 6.58 Å². The van der Waals surface area contributed by atoms with Crippen LogP contribution in [-0.2, 0) is 4.79 Å². The monoisotopic (exact) mass is 321 g/mol. The Bertz CT molecular complexity index is 1000. The first-order valence-corrected chi connectivity index (χ1v) is 7.17. The summed E-state index contributed by atoms with van der Waals surface area (Å²) in [6, 6.07) is 12.1. The lowest BCUT2D eigenvalue weighted by molar-refractivity contribution is -0.112. The molecule has 2 N–H and O–H groups in total. The lowest BCUT2D eigenvalue weighted by atomic mass is 10.1. The fraction of sp³-hybridized carbons (Fsp3) is 0.0556. The summed E-state index contributed by atoms with van der Waals surface area (Å²) in [4.78, 5) is 28.7. The van der Waals surface area contributed by atoms with Crippen LogP contribution in [0.2, 0.25) is 0 Å². The summed E-state index contributed by atoms with van der Waals surface area (Å²) in [7, 11) is 1.57. The molecule has 3 rings (SSSR count). The highest BCUT2D eigenvalue weighted by atomic mass is 16.5. The number of fused-ring (bicyclic) bond motifs is 1. The number of ether oxygens (including phenoxy) is 1. The Morgan fingerprint density at radius 2 is 1.96 bits per heavy atom. The van der Waals surface area contributed by atoms with Gasteiger partial charge >= 0.3 is 0 Å². The van der Waals surface area contributed by atoms with Crippen molar-refractivity contribution in [3.63, 3.8) is 0 Å². The molecule has 24 heavy (non-hydrogen) atoms. The summed E-state index contributed by atoms with van der Waals surface area (Å²) in [5.74, 6) is -0.0709. The topological polar surface area (TPSA) is 87.2 Å². The molecule has 0 saturated carbocycles. The lowest BCUT2D eigenvalue weighted by Gasteiger charge is -2.13. The Kier molecular flexibility index (Phi) is 3.87. The molecular weight excluding hydrogens is 306 g/mol. The predicted octanol–water partition coefficient (Wildman–Crippen LogP) is 1.89. The predicted molar refractivity (Wildman–Crippen MR) is 92.1 cm³/mol. The molecule has 1 amide bonds. The van der Waals surface area contributed by atoms with Crippen LogP contribution in [-0.4, -0.2) is 22.6 Å². The molecule has 120 valence electrons. The number of carbonyl (C=O) groups is 1. The molecule has 0 bridgehead atoms. The Balaban J connectivity index is 2.35. The second-order valence-electron chi connectivity index (χ2n) is 5.16. The fourth-order valence-electron chi connectivity index (χ4n) is 2.46. The summed E-state index contributed by atoms with van der Waals surface area (Å²) >= 11 is 0. The normalized spacial score (nSPS) is 10.5. The van der Waals surface area contributed by atoms with Crippen LogP contribution in [0.5, 0.6) is 5.75 Å². The second kappa shape index (κ2) is 6.00. The van der Waals surface area contributed by atoms with Gasteiger partial charge in [0, 0.05) is 17.2 Å². The van der Waals surface area contributed by atoms with E-state index in [4.69, 9.17) is 10.5 Å². The number of carbonyl (C=O) groups excluding carboxylic acids is 1. The summed E-state index contributed by atoms with van der Waals surface area (Å²) < 4.78 is 6.57. The van der Waals surface area contributed by atoms with E-state index < -0.39 is 11.5 Å². The van der Waals surface area contributed by atoms with Gasteiger partial charge in [0.2, 0.25) is 5.91 Å². The van der Waals surface area contributed by atoms with Gasteiger partial charge in [0.05, 0.1) is 18.4 Å². The van der Waals surface area contributed by atoms with Crippen LogP contribution < -0.4 is 16.0 Å². The van der Waals surface area contributed by atoms with Crippen LogP contribution in [0.4, 0.5) is 0 Å². The summed E-state index contributed by atoms with van der Waals surface area (Å²) in [6.07, 6.45) is 1.60. The molecule has 0 spiro atoms. The molecule has 0 atom stereocenters. The average molecular weight is 321 g/mol.